The molecule has 1 saturated heterocycles. The van der Waals surface area contributed by atoms with Crippen LogP contribution in [0.1, 0.15) is 79.5 Å². The number of H-pyrrole nitrogens is 1. The first-order chi connectivity index (χ1) is 27.4. The lowest BCUT2D eigenvalue weighted by Crippen LogP contribution is -2.60. The van der Waals surface area contributed by atoms with Crippen molar-refractivity contribution in [3.63, 3.8) is 0 Å². The fourth-order valence-corrected chi connectivity index (χ4v) is 6.43. The molecule has 1 aromatic carbocycles. The van der Waals surface area contributed by atoms with Gasteiger partial charge in [0.05, 0.1) is 32.1 Å². The molecule has 1 fully saturated rings. The Balaban J connectivity index is 1.72. The number of aromatic amines is 1. The van der Waals surface area contributed by atoms with Crippen LogP contribution in [0, 0.1) is 11.8 Å². The summed E-state index contributed by atoms with van der Waals surface area (Å²) in [4.78, 5) is 89.3. The molecule has 0 unspecified atom stereocenters. The fraction of sp³-hybridized carbons (Fsp3) is 0.634. The van der Waals surface area contributed by atoms with Gasteiger partial charge in [-0.25, -0.2) is 14.6 Å². The standard InChI is InChI=1S/C41H64N8O9/c1-10-26(4)34(37(52)46-32(39(54)56-9)20-29-21-42-24-44-29)48-36(51)33(25(2)3)43-22-30-23-57-18-14-17-49(27(5)35(50)45-30)38(53)31(19-28-15-12-11-13-16-28)47-40(55)58-41(6,7)8/h11-13,15-16,21,24-27,30-34,43H,10,14,17-20,22-23H2,1-9H3,(H,42,44)(H,45,50)(H,46,52)(H,47,55)(H,48,51)/t26-,27-,30+,31-,32-,33-,34-/m0/s1. The molecule has 6 N–H and O–H groups in total. The first-order valence-electron chi connectivity index (χ1n) is 20.0. The maximum Gasteiger partial charge on any atom is 0.408 e. The molecule has 0 aliphatic carbocycles. The van der Waals surface area contributed by atoms with Crippen LogP contribution in [0.2, 0.25) is 0 Å². The van der Waals surface area contributed by atoms with Crippen molar-refractivity contribution >= 4 is 35.7 Å². The van der Waals surface area contributed by atoms with Gasteiger partial charge in [-0.3, -0.25) is 19.2 Å². The summed E-state index contributed by atoms with van der Waals surface area (Å²) >= 11 is 0. The van der Waals surface area contributed by atoms with E-state index in [0.29, 0.717) is 25.1 Å². The second-order valence-electron chi connectivity index (χ2n) is 16.1. The van der Waals surface area contributed by atoms with Crippen LogP contribution >= 0.6 is 0 Å². The van der Waals surface area contributed by atoms with E-state index < -0.39 is 77.5 Å². The summed E-state index contributed by atoms with van der Waals surface area (Å²) < 4.78 is 16.3. The lowest BCUT2D eigenvalue weighted by Gasteiger charge is -2.35. The van der Waals surface area contributed by atoms with Gasteiger partial charge >= 0.3 is 12.1 Å². The van der Waals surface area contributed by atoms with E-state index in [4.69, 9.17) is 14.2 Å². The molecule has 1 aliphatic rings. The largest absolute Gasteiger partial charge is 0.467 e. The van der Waals surface area contributed by atoms with E-state index in [1.54, 1.807) is 33.9 Å². The van der Waals surface area contributed by atoms with Crippen molar-refractivity contribution in [1.29, 1.82) is 0 Å². The van der Waals surface area contributed by atoms with Crippen molar-refractivity contribution in [2.24, 2.45) is 11.8 Å². The van der Waals surface area contributed by atoms with Gasteiger partial charge in [0.2, 0.25) is 23.6 Å². The van der Waals surface area contributed by atoms with Crippen LogP contribution in [0.15, 0.2) is 42.9 Å². The Kier molecular flexibility index (Phi) is 18.6. The summed E-state index contributed by atoms with van der Waals surface area (Å²) in [7, 11) is 1.24. The number of carbonyl (C=O) groups excluding carboxylic acids is 6. The van der Waals surface area contributed by atoms with Gasteiger partial charge in [-0.15, -0.1) is 0 Å². The monoisotopic (exact) mass is 812 g/mol. The van der Waals surface area contributed by atoms with Crippen LogP contribution in [0.3, 0.4) is 0 Å². The highest BCUT2D eigenvalue weighted by Gasteiger charge is 2.36. The second kappa shape index (κ2) is 22.8. The molecule has 3 rings (SSSR count). The highest BCUT2D eigenvalue weighted by molar-refractivity contribution is 5.93. The van der Waals surface area contributed by atoms with Crippen LogP contribution in [0.4, 0.5) is 4.79 Å². The molecule has 2 heterocycles. The number of hydrogen-bond acceptors (Lipinski definition) is 11. The van der Waals surface area contributed by atoms with Crippen LogP contribution in [-0.4, -0.2) is 126 Å². The average Bonchev–Trinajstić information content (AvgIpc) is 3.69. The lowest BCUT2D eigenvalue weighted by molar-refractivity contribution is -0.145. The molecule has 17 heteroatoms. The van der Waals surface area contributed by atoms with E-state index in [1.165, 1.54) is 18.3 Å². The predicted molar refractivity (Wildman–Crippen MR) is 216 cm³/mol. The Morgan fingerprint density at radius 2 is 1.67 bits per heavy atom. The number of nitrogens with zero attached hydrogens (tertiary/aromatic N) is 2. The number of hydrogen-bond donors (Lipinski definition) is 6. The zero-order valence-electron chi connectivity index (χ0n) is 35.4. The van der Waals surface area contributed by atoms with Crippen molar-refractivity contribution in [1.82, 2.24) is 41.5 Å². The summed E-state index contributed by atoms with van der Waals surface area (Å²) in [5, 5.41) is 14.6. The maximum absolute atomic E-state index is 14.2. The first kappa shape index (κ1) is 47.3. The number of benzene rings is 1. The van der Waals surface area contributed by atoms with Crippen LogP contribution < -0.4 is 26.6 Å². The van der Waals surface area contributed by atoms with Crippen molar-refractivity contribution in [3.05, 3.63) is 54.1 Å². The minimum atomic E-state index is -1.01. The average molecular weight is 813 g/mol. The van der Waals surface area contributed by atoms with E-state index in [2.05, 4.69) is 36.6 Å². The molecule has 58 heavy (non-hydrogen) atoms. The number of carbonyl (C=O) groups is 6. The predicted octanol–water partition coefficient (Wildman–Crippen LogP) is 2.01. The summed E-state index contributed by atoms with van der Waals surface area (Å²) in [6.45, 7) is 15.1. The minimum Gasteiger partial charge on any atom is -0.467 e. The molecule has 2 aromatic rings. The maximum atomic E-state index is 14.2. The zero-order valence-corrected chi connectivity index (χ0v) is 35.4. The number of alkyl carbamates (subject to hydrolysis) is 1. The molecule has 0 radical (unpaired) electrons. The highest BCUT2D eigenvalue weighted by Crippen LogP contribution is 2.15. The molecular formula is C41H64N8O9. The van der Waals surface area contributed by atoms with E-state index in [0.717, 1.165) is 5.56 Å². The third kappa shape index (κ3) is 15.0. The van der Waals surface area contributed by atoms with Gasteiger partial charge in [-0.2, -0.15) is 0 Å². The third-order valence-corrected chi connectivity index (χ3v) is 9.86. The Hall–Kier alpha value is -5.03. The van der Waals surface area contributed by atoms with Gasteiger partial charge < -0.3 is 50.7 Å². The number of aromatic nitrogens is 2. The SMILES string of the molecule is CC[C@H](C)[C@H](NC(=O)[C@@H](NC[C@@H]1COCCCN(C(=O)[C@H](Cc2ccccc2)NC(=O)OC(C)(C)C)[C@@H](C)C(=O)N1)C(C)C)C(=O)N[C@@H](Cc1cnc[nH]1)C(=O)OC. The van der Waals surface area contributed by atoms with E-state index in [9.17, 15) is 28.8 Å². The molecule has 1 aliphatic heterocycles. The van der Waals surface area contributed by atoms with Gasteiger partial charge in [0.1, 0.15) is 29.8 Å². The summed E-state index contributed by atoms with van der Waals surface area (Å²) in [6, 6.07) is 4.00. The Morgan fingerprint density at radius 3 is 2.28 bits per heavy atom. The smallest absolute Gasteiger partial charge is 0.408 e. The first-order valence-corrected chi connectivity index (χ1v) is 20.0. The van der Waals surface area contributed by atoms with Gasteiger partial charge in [0.15, 0.2) is 0 Å². The Bertz CT molecular complexity index is 1630. The van der Waals surface area contributed by atoms with Crippen molar-refractivity contribution < 1.29 is 43.0 Å². The van der Waals surface area contributed by atoms with Crippen molar-refractivity contribution in [2.75, 3.05) is 33.4 Å². The lowest BCUT2D eigenvalue weighted by atomic mass is 9.96. The molecule has 0 bridgehead atoms. The summed E-state index contributed by atoms with van der Waals surface area (Å²) in [5.74, 6) is -3.00. The van der Waals surface area contributed by atoms with Crippen LogP contribution in [0.25, 0.3) is 0 Å². The summed E-state index contributed by atoms with van der Waals surface area (Å²) in [5.41, 5.74) is 0.654. The van der Waals surface area contributed by atoms with Gasteiger partial charge in [-0.05, 0) is 51.5 Å². The quantitative estimate of drug-likeness (QED) is 0.127. The minimum absolute atomic E-state index is 0.118. The fourth-order valence-electron chi connectivity index (χ4n) is 6.43. The Labute approximate surface area is 341 Å². The number of ether oxygens (including phenoxy) is 3. The van der Waals surface area contributed by atoms with Gasteiger partial charge in [-0.1, -0.05) is 64.4 Å². The molecule has 322 valence electrons. The van der Waals surface area contributed by atoms with Gasteiger partial charge in [0, 0.05) is 44.4 Å². The molecule has 5 amide bonds. The van der Waals surface area contributed by atoms with Gasteiger partial charge in [0.25, 0.3) is 0 Å². The third-order valence-electron chi connectivity index (χ3n) is 9.86. The van der Waals surface area contributed by atoms with Crippen LogP contribution in [0.5, 0.6) is 0 Å². The molecular weight excluding hydrogens is 748 g/mol. The van der Waals surface area contributed by atoms with Crippen LogP contribution in [-0.2, 0) is 51.0 Å². The number of esters is 1. The van der Waals surface area contributed by atoms with E-state index in [1.807, 2.05) is 58.0 Å². The molecule has 1 aromatic heterocycles. The Morgan fingerprint density at radius 1 is 0.983 bits per heavy atom. The topological polar surface area (TPSA) is 222 Å². The molecule has 7 atom stereocenters. The number of nitrogens with one attached hydrogen (secondary N) is 6. The highest BCUT2D eigenvalue weighted by atomic mass is 16.6. The summed E-state index contributed by atoms with van der Waals surface area (Å²) in [6.07, 6.45) is 3.57. The zero-order chi connectivity index (χ0) is 43.0. The van der Waals surface area contributed by atoms with E-state index in [-0.39, 0.29) is 44.4 Å². The van der Waals surface area contributed by atoms with Crippen molar-refractivity contribution in [3.8, 4) is 0 Å². The number of methoxy groups -OCH3 is 1. The number of imidazole rings is 1. The number of rotatable bonds is 17. The molecule has 17 nitrogen and oxygen atoms in total. The normalized spacial score (nSPS) is 19.1. The van der Waals surface area contributed by atoms with Crippen molar-refractivity contribution in [2.45, 2.75) is 123 Å². The number of amides is 5. The van der Waals surface area contributed by atoms with E-state index >= 15 is 0 Å². The molecule has 0 saturated carbocycles. The molecule has 0 spiro atoms. The second-order valence-corrected chi connectivity index (χ2v) is 16.1.